The van der Waals surface area contributed by atoms with Crippen molar-refractivity contribution >= 4 is 0 Å². The van der Waals surface area contributed by atoms with Crippen LogP contribution >= 0.6 is 0 Å². The molecule has 0 spiro atoms. The molecule has 1 aliphatic rings. The molecular weight excluding hydrogens is 160 g/mol. The number of likely N-dealkylation sites (N-methyl/N-ethyl adjacent to an activating group) is 2. The lowest BCUT2D eigenvalue weighted by molar-refractivity contribution is 0.211. The van der Waals surface area contributed by atoms with Crippen molar-refractivity contribution in [3.8, 4) is 0 Å². The summed E-state index contributed by atoms with van der Waals surface area (Å²) in [6.07, 6.45) is 1.31. The van der Waals surface area contributed by atoms with E-state index in [0.717, 1.165) is 6.04 Å². The fraction of sp³-hybridized carbons (Fsp3) is 1.00. The second kappa shape index (κ2) is 3.97. The number of rotatable bonds is 3. The molecule has 1 fully saturated rings. The average molecular weight is 184 g/mol. The van der Waals surface area contributed by atoms with Gasteiger partial charge < -0.3 is 0 Å². The van der Waals surface area contributed by atoms with E-state index in [1.165, 1.54) is 26.1 Å². The van der Waals surface area contributed by atoms with Gasteiger partial charge in [-0.3, -0.25) is 9.80 Å². The van der Waals surface area contributed by atoms with Crippen molar-refractivity contribution in [3.63, 3.8) is 0 Å². The minimum absolute atomic E-state index is 0.396. The zero-order valence-corrected chi connectivity index (χ0v) is 9.80. The second-order valence-corrected chi connectivity index (χ2v) is 4.77. The Morgan fingerprint density at radius 2 is 1.85 bits per heavy atom. The largest absolute Gasteiger partial charge is 0.300 e. The van der Waals surface area contributed by atoms with Crippen molar-refractivity contribution in [2.24, 2.45) is 0 Å². The van der Waals surface area contributed by atoms with Gasteiger partial charge >= 0.3 is 0 Å². The third-order valence-corrected chi connectivity index (χ3v) is 3.58. The summed E-state index contributed by atoms with van der Waals surface area (Å²) in [6.45, 7) is 12.8. The first-order chi connectivity index (χ1) is 6.01. The maximum absolute atomic E-state index is 2.57. The predicted molar refractivity (Wildman–Crippen MR) is 58.0 cm³/mol. The van der Waals surface area contributed by atoms with Gasteiger partial charge in [0, 0.05) is 18.1 Å². The minimum atomic E-state index is 0.396. The molecule has 13 heavy (non-hydrogen) atoms. The van der Waals surface area contributed by atoms with Gasteiger partial charge in [-0.25, -0.2) is 0 Å². The van der Waals surface area contributed by atoms with Crippen molar-refractivity contribution < 1.29 is 0 Å². The number of hydrogen-bond donors (Lipinski definition) is 0. The highest BCUT2D eigenvalue weighted by molar-refractivity contribution is 4.95. The fourth-order valence-electron chi connectivity index (χ4n) is 2.34. The minimum Gasteiger partial charge on any atom is -0.300 e. The maximum Gasteiger partial charge on any atom is 0.0240 e. The number of likely N-dealkylation sites (tertiary alicyclic amines) is 1. The normalized spacial score (nSPS) is 28.6. The highest BCUT2D eigenvalue weighted by Crippen LogP contribution is 2.29. The van der Waals surface area contributed by atoms with Crippen LogP contribution in [0.1, 0.15) is 34.1 Å². The van der Waals surface area contributed by atoms with Gasteiger partial charge in [-0.15, -0.1) is 0 Å². The molecule has 0 saturated carbocycles. The van der Waals surface area contributed by atoms with Crippen LogP contribution in [0.5, 0.6) is 0 Å². The van der Waals surface area contributed by atoms with Crippen LogP contribution in [0.15, 0.2) is 0 Å². The molecule has 0 aliphatic carbocycles. The molecular formula is C11H24N2. The fourth-order valence-corrected chi connectivity index (χ4v) is 2.34. The Hall–Kier alpha value is -0.0800. The molecule has 1 rings (SSSR count). The molecule has 2 nitrogen and oxygen atoms in total. The Morgan fingerprint density at radius 1 is 1.31 bits per heavy atom. The van der Waals surface area contributed by atoms with Gasteiger partial charge in [0.15, 0.2) is 0 Å². The zero-order chi connectivity index (χ0) is 10.1. The third kappa shape index (κ3) is 2.23. The molecule has 78 valence electrons. The lowest BCUT2D eigenvalue weighted by Crippen LogP contribution is -2.36. The standard InChI is InChI=1S/C11H24N2/c1-6-13(7-2)10-8-11(3,4)12(5)9-10/h10H,6-9H2,1-5H3. The van der Waals surface area contributed by atoms with Crippen molar-refractivity contribution in [1.29, 1.82) is 0 Å². The van der Waals surface area contributed by atoms with E-state index >= 15 is 0 Å². The van der Waals surface area contributed by atoms with Crippen LogP contribution in [0.25, 0.3) is 0 Å². The van der Waals surface area contributed by atoms with Gasteiger partial charge in [0.25, 0.3) is 0 Å². The topological polar surface area (TPSA) is 6.48 Å². The highest BCUT2D eigenvalue weighted by Gasteiger charge is 2.37. The van der Waals surface area contributed by atoms with Crippen molar-refractivity contribution in [3.05, 3.63) is 0 Å². The van der Waals surface area contributed by atoms with E-state index in [-0.39, 0.29) is 0 Å². The molecule has 0 amide bonds. The summed E-state index contributed by atoms with van der Waals surface area (Å²) in [5.41, 5.74) is 0.396. The molecule has 1 atom stereocenters. The van der Waals surface area contributed by atoms with E-state index in [1.807, 2.05) is 0 Å². The Morgan fingerprint density at radius 3 is 2.15 bits per heavy atom. The van der Waals surface area contributed by atoms with E-state index in [0.29, 0.717) is 5.54 Å². The molecule has 0 aromatic rings. The quantitative estimate of drug-likeness (QED) is 0.660. The number of nitrogens with zero attached hydrogens (tertiary/aromatic N) is 2. The van der Waals surface area contributed by atoms with E-state index in [2.05, 4.69) is 44.5 Å². The molecule has 1 saturated heterocycles. The van der Waals surface area contributed by atoms with Crippen LogP contribution in [-0.2, 0) is 0 Å². The van der Waals surface area contributed by atoms with E-state index in [1.54, 1.807) is 0 Å². The summed E-state index contributed by atoms with van der Waals surface area (Å²) in [7, 11) is 2.24. The van der Waals surface area contributed by atoms with Gasteiger partial charge in [0.05, 0.1) is 0 Å². The van der Waals surface area contributed by atoms with E-state index < -0.39 is 0 Å². The Bertz CT molecular complexity index is 161. The van der Waals surface area contributed by atoms with E-state index in [9.17, 15) is 0 Å². The van der Waals surface area contributed by atoms with E-state index in [4.69, 9.17) is 0 Å². The number of hydrogen-bond acceptors (Lipinski definition) is 2. The van der Waals surface area contributed by atoms with Crippen LogP contribution in [0, 0.1) is 0 Å². The summed E-state index contributed by atoms with van der Waals surface area (Å²) in [6, 6.07) is 0.773. The van der Waals surface area contributed by atoms with Crippen LogP contribution in [0.3, 0.4) is 0 Å². The second-order valence-electron chi connectivity index (χ2n) is 4.77. The SMILES string of the molecule is CCN(CC)C1CN(C)C(C)(C)C1. The maximum atomic E-state index is 2.57. The third-order valence-electron chi connectivity index (χ3n) is 3.58. The van der Waals surface area contributed by atoms with Gasteiger partial charge in [0.2, 0.25) is 0 Å². The Labute approximate surface area is 82.9 Å². The molecule has 0 aromatic heterocycles. The van der Waals surface area contributed by atoms with Crippen LogP contribution in [-0.4, -0.2) is 48.1 Å². The smallest absolute Gasteiger partial charge is 0.0240 e. The van der Waals surface area contributed by atoms with Crippen LogP contribution < -0.4 is 0 Å². The zero-order valence-electron chi connectivity index (χ0n) is 9.80. The molecule has 0 radical (unpaired) electrons. The molecule has 1 unspecified atom stereocenters. The first-order valence-corrected chi connectivity index (χ1v) is 5.46. The molecule has 1 heterocycles. The van der Waals surface area contributed by atoms with Gasteiger partial charge in [-0.1, -0.05) is 13.8 Å². The lowest BCUT2D eigenvalue weighted by atomic mass is 10.00. The molecule has 0 bridgehead atoms. The van der Waals surface area contributed by atoms with Crippen LogP contribution in [0.2, 0.25) is 0 Å². The predicted octanol–water partition coefficient (Wildman–Crippen LogP) is 1.81. The van der Waals surface area contributed by atoms with Crippen molar-refractivity contribution in [2.75, 3.05) is 26.7 Å². The lowest BCUT2D eigenvalue weighted by Gasteiger charge is -2.27. The van der Waals surface area contributed by atoms with Crippen molar-refractivity contribution in [1.82, 2.24) is 9.80 Å². The van der Waals surface area contributed by atoms with Gasteiger partial charge in [-0.05, 0) is 40.4 Å². The monoisotopic (exact) mass is 184 g/mol. The summed E-state index contributed by atoms with van der Waals surface area (Å²) in [5.74, 6) is 0. The summed E-state index contributed by atoms with van der Waals surface area (Å²) < 4.78 is 0. The Kier molecular flexibility index (Phi) is 3.36. The average Bonchev–Trinajstić information content (AvgIpc) is 2.29. The molecule has 2 heteroatoms. The first-order valence-electron chi connectivity index (χ1n) is 5.46. The summed E-state index contributed by atoms with van der Waals surface area (Å²) in [4.78, 5) is 5.06. The summed E-state index contributed by atoms with van der Waals surface area (Å²) >= 11 is 0. The molecule has 1 aliphatic heterocycles. The summed E-state index contributed by atoms with van der Waals surface area (Å²) in [5, 5.41) is 0. The highest BCUT2D eigenvalue weighted by atomic mass is 15.3. The van der Waals surface area contributed by atoms with Gasteiger partial charge in [0.1, 0.15) is 0 Å². The Balaban J connectivity index is 2.57. The molecule has 0 N–H and O–H groups in total. The van der Waals surface area contributed by atoms with Crippen molar-refractivity contribution in [2.45, 2.75) is 45.7 Å². The first kappa shape index (κ1) is 11.0. The van der Waals surface area contributed by atoms with Crippen LogP contribution in [0.4, 0.5) is 0 Å². The van der Waals surface area contributed by atoms with Gasteiger partial charge in [-0.2, -0.15) is 0 Å². The molecule has 0 aromatic carbocycles.